The highest BCUT2D eigenvalue weighted by Gasteiger charge is 2.23. The zero-order valence-electron chi connectivity index (χ0n) is 11.3. The Hall–Kier alpha value is -1.31. The maximum absolute atomic E-state index is 12.0. The van der Waals surface area contributed by atoms with Gasteiger partial charge in [0, 0.05) is 24.3 Å². The number of nitrogens with zero attached hydrogens (tertiary/aromatic N) is 1. The molecule has 0 bridgehead atoms. The SMILES string of the molecule is CCOC(=O)CS(=O)(=O)N(C)Cc1cc(N)ccc1Cl. The molecule has 0 saturated heterocycles. The fourth-order valence-corrected chi connectivity index (χ4v) is 2.63. The van der Waals surface area contributed by atoms with Gasteiger partial charge in [-0.3, -0.25) is 4.79 Å². The number of anilines is 1. The molecule has 1 aromatic carbocycles. The Morgan fingerprint density at radius 1 is 1.45 bits per heavy atom. The van der Waals surface area contributed by atoms with Crippen LogP contribution in [-0.4, -0.2) is 38.1 Å². The second-order valence-corrected chi connectivity index (χ2v) is 6.65. The van der Waals surface area contributed by atoms with Gasteiger partial charge in [0.25, 0.3) is 0 Å². The van der Waals surface area contributed by atoms with Gasteiger partial charge in [-0.15, -0.1) is 0 Å². The van der Waals surface area contributed by atoms with Gasteiger partial charge < -0.3 is 10.5 Å². The van der Waals surface area contributed by atoms with Crippen LogP contribution in [0.1, 0.15) is 12.5 Å². The van der Waals surface area contributed by atoms with Crippen LogP contribution in [0.3, 0.4) is 0 Å². The molecular formula is C12H17ClN2O4S. The molecule has 8 heteroatoms. The van der Waals surface area contributed by atoms with E-state index in [4.69, 9.17) is 17.3 Å². The highest BCUT2D eigenvalue weighted by atomic mass is 35.5. The van der Waals surface area contributed by atoms with Crippen LogP contribution >= 0.6 is 11.6 Å². The molecule has 0 radical (unpaired) electrons. The minimum atomic E-state index is -3.75. The predicted molar refractivity (Wildman–Crippen MR) is 77.8 cm³/mol. The van der Waals surface area contributed by atoms with Crippen molar-refractivity contribution in [2.75, 3.05) is 25.1 Å². The summed E-state index contributed by atoms with van der Waals surface area (Å²) < 4.78 is 29.6. The van der Waals surface area contributed by atoms with E-state index in [0.717, 1.165) is 4.31 Å². The second kappa shape index (κ2) is 6.92. The highest BCUT2D eigenvalue weighted by Crippen LogP contribution is 2.21. The molecule has 20 heavy (non-hydrogen) atoms. The maximum atomic E-state index is 12.0. The fourth-order valence-electron chi connectivity index (χ4n) is 1.52. The Morgan fingerprint density at radius 3 is 2.70 bits per heavy atom. The zero-order valence-corrected chi connectivity index (χ0v) is 12.9. The van der Waals surface area contributed by atoms with E-state index >= 15 is 0 Å². The third-order valence-electron chi connectivity index (χ3n) is 2.54. The van der Waals surface area contributed by atoms with Gasteiger partial charge in [-0.2, -0.15) is 0 Å². The first-order valence-electron chi connectivity index (χ1n) is 5.89. The Labute approximate surface area is 123 Å². The first-order chi connectivity index (χ1) is 9.26. The summed E-state index contributed by atoms with van der Waals surface area (Å²) in [5, 5.41) is 0.414. The third-order valence-corrected chi connectivity index (χ3v) is 4.59. The molecule has 1 rings (SSSR count). The van der Waals surface area contributed by atoms with Gasteiger partial charge in [-0.05, 0) is 30.7 Å². The zero-order chi connectivity index (χ0) is 15.3. The Morgan fingerprint density at radius 2 is 2.10 bits per heavy atom. The molecule has 0 aliphatic heterocycles. The van der Waals surface area contributed by atoms with Crippen molar-refractivity contribution in [2.45, 2.75) is 13.5 Å². The van der Waals surface area contributed by atoms with E-state index in [9.17, 15) is 13.2 Å². The Balaban J connectivity index is 2.81. The smallest absolute Gasteiger partial charge is 0.322 e. The number of rotatable bonds is 6. The molecule has 0 amide bonds. The molecule has 1 aromatic rings. The molecule has 0 saturated carbocycles. The molecule has 112 valence electrons. The molecule has 0 aromatic heterocycles. The number of esters is 1. The molecule has 0 unspecified atom stereocenters. The lowest BCUT2D eigenvalue weighted by atomic mass is 10.2. The number of ether oxygens (including phenoxy) is 1. The number of carbonyl (C=O) groups excluding carboxylic acids is 1. The lowest BCUT2D eigenvalue weighted by Crippen LogP contribution is -2.32. The van der Waals surface area contributed by atoms with Crippen LogP contribution in [0.2, 0.25) is 5.02 Å². The van der Waals surface area contributed by atoms with E-state index in [2.05, 4.69) is 4.74 Å². The van der Waals surface area contributed by atoms with Crippen molar-refractivity contribution in [2.24, 2.45) is 0 Å². The van der Waals surface area contributed by atoms with Gasteiger partial charge in [0.05, 0.1) is 6.61 Å². The minimum Gasteiger partial charge on any atom is -0.465 e. The van der Waals surface area contributed by atoms with Crippen molar-refractivity contribution in [1.82, 2.24) is 4.31 Å². The molecule has 0 aliphatic rings. The largest absolute Gasteiger partial charge is 0.465 e. The van der Waals surface area contributed by atoms with E-state index in [1.165, 1.54) is 7.05 Å². The first-order valence-corrected chi connectivity index (χ1v) is 7.88. The van der Waals surface area contributed by atoms with Crippen molar-refractivity contribution in [1.29, 1.82) is 0 Å². The van der Waals surface area contributed by atoms with Crippen molar-refractivity contribution < 1.29 is 17.9 Å². The maximum Gasteiger partial charge on any atom is 0.322 e. The van der Waals surface area contributed by atoms with Crippen molar-refractivity contribution in [3.8, 4) is 0 Å². The van der Waals surface area contributed by atoms with Crippen molar-refractivity contribution >= 4 is 33.3 Å². The van der Waals surface area contributed by atoms with E-state index in [1.54, 1.807) is 25.1 Å². The molecule has 0 atom stereocenters. The van der Waals surface area contributed by atoms with Gasteiger partial charge in [0.1, 0.15) is 0 Å². The van der Waals surface area contributed by atoms with Crippen LogP contribution in [-0.2, 0) is 26.1 Å². The standard InChI is InChI=1S/C12H17ClN2O4S/c1-3-19-12(16)8-20(17,18)15(2)7-9-6-10(14)4-5-11(9)13/h4-6H,3,7-8,14H2,1-2H3. The van der Waals surface area contributed by atoms with Crippen LogP contribution in [0.4, 0.5) is 5.69 Å². The third kappa shape index (κ3) is 4.66. The normalized spacial score (nSPS) is 11.6. The Kier molecular flexibility index (Phi) is 5.79. The molecule has 0 heterocycles. The Bertz CT molecular complexity index is 589. The van der Waals surface area contributed by atoms with E-state index in [-0.39, 0.29) is 13.2 Å². The topological polar surface area (TPSA) is 89.7 Å². The van der Waals surface area contributed by atoms with Crippen LogP contribution in [0.25, 0.3) is 0 Å². The molecular weight excluding hydrogens is 304 g/mol. The summed E-state index contributed by atoms with van der Waals surface area (Å²) in [4.78, 5) is 11.3. The number of nitrogens with two attached hydrogens (primary N) is 1. The average molecular weight is 321 g/mol. The molecule has 6 nitrogen and oxygen atoms in total. The van der Waals surface area contributed by atoms with Crippen LogP contribution in [0.5, 0.6) is 0 Å². The van der Waals surface area contributed by atoms with Crippen LogP contribution in [0, 0.1) is 0 Å². The van der Waals surface area contributed by atoms with Crippen molar-refractivity contribution in [3.63, 3.8) is 0 Å². The lowest BCUT2D eigenvalue weighted by Gasteiger charge is -2.17. The average Bonchev–Trinajstić information content (AvgIpc) is 2.33. The quantitative estimate of drug-likeness (QED) is 0.629. The van der Waals surface area contributed by atoms with Gasteiger partial charge in [0.15, 0.2) is 5.75 Å². The second-order valence-electron chi connectivity index (χ2n) is 4.17. The summed E-state index contributed by atoms with van der Waals surface area (Å²) in [7, 11) is -2.38. The summed E-state index contributed by atoms with van der Waals surface area (Å²) in [6.45, 7) is 1.78. The fraction of sp³-hybridized carbons (Fsp3) is 0.417. The molecule has 0 spiro atoms. The first kappa shape index (κ1) is 16.7. The summed E-state index contributed by atoms with van der Waals surface area (Å²) in [6.07, 6.45) is 0. The van der Waals surface area contributed by atoms with Gasteiger partial charge in [-0.25, -0.2) is 12.7 Å². The summed E-state index contributed by atoms with van der Waals surface area (Å²) in [5.74, 6) is -1.48. The molecule has 0 fully saturated rings. The van der Waals surface area contributed by atoms with E-state index in [1.807, 2.05) is 0 Å². The van der Waals surface area contributed by atoms with Crippen LogP contribution in [0.15, 0.2) is 18.2 Å². The number of carbonyl (C=O) groups is 1. The number of nitrogen functional groups attached to an aromatic ring is 1. The monoisotopic (exact) mass is 320 g/mol. The summed E-state index contributed by atoms with van der Waals surface area (Å²) in [5.41, 5.74) is 6.69. The number of hydrogen-bond acceptors (Lipinski definition) is 5. The number of halogens is 1. The van der Waals surface area contributed by atoms with Gasteiger partial charge in [-0.1, -0.05) is 11.6 Å². The number of hydrogen-bond donors (Lipinski definition) is 1. The van der Waals surface area contributed by atoms with E-state index in [0.29, 0.717) is 16.3 Å². The lowest BCUT2D eigenvalue weighted by molar-refractivity contribution is -0.140. The minimum absolute atomic E-state index is 0.0333. The molecule has 2 N–H and O–H groups in total. The van der Waals surface area contributed by atoms with Gasteiger partial charge in [0.2, 0.25) is 10.0 Å². The summed E-state index contributed by atoms with van der Waals surface area (Å²) in [6, 6.07) is 4.82. The molecule has 0 aliphatic carbocycles. The van der Waals surface area contributed by atoms with Gasteiger partial charge >= 0.3 is 5.97 Å². The number of benzene rings is 1. The number of sulfonamides is 1. The highest BCUT2D eigenvalue weighted by molar-refractivity contribution is 7.89. The van der Waals surface area contributed by atoms with Crippen LogP contribution < -0.4 is 5.73 Å². The van der Waals surface area contributed by atoms with Crippen molar-refractivity contribution in [3.05, 3.63) is 28.8 Å². The predicted octanol–water partition coefficient (Wildman–Crippen LogP) is 1.25. The van der Waals surface area contributed by atoms with E-state index < -0.39 is 21.7 Å². The summed E-state index contributed by atoms with van der Waals surface area (Å²) >= 11 is 5.98.